The number of sulfonamides is 1. The predicted octanol–water partition coefficient (Wildman–Crippen LogP) is 2.36. The van der Waals surface area contributed by atoms with Gasteiger partial charge in [-0.25, -0.2) is 13.2 Å². The Morgan fingerprint density at radius 1 is 1.27 bits per heavy atom. The van der Waals surface area contributed by atoms with Gasteiger partial charge < -0.3 is 9.47 Å². The lowest BCUT2D eigenvalue weighted by atomic mass is 10.2. The minimum Gasteiger partial charge on any atom is -0.487 e. The number of ether oxygens (including phenoxy) is 2. The molecule has 0 radical (unpaired) electrons. The van der Waals surface area contributed by atoms with Gasteiger partial charge in [-0.3, -0.25) is 4.98 Å². The van der Waals surface area contributed by atoms with Crippen LogP contribution in [0.2, 0.25) is 5.02 Å². The van der Waals surface area contributed by atoms with Crippen molar-refractivity contribution in [3.8, 4) is 5.75 Å². The van der Waals surface area contributed by atoms with Crippen LogP contribution in [0.5, 0.6) is 5.75 Å². The van der Waals surface area contributed by atoms with Crippen molar-refractivity contribution in [3.05, 3.63) is 53.3 Å². The highest BCUT2D eigenvalue weighted by molar-refractivity contribution is 7.89. The topological polar surface area (TPSA) is 85.8 Å². The number of hydrogen-bond acceptors (Lipinski definition) is 6. The Hall–Kier alpha value is -2.16. The number of pyridine rings is 1. The van der Waals surface area contributed by atoms with Crippen molar-refractivity contribution < 1.29 is 22.7 Å². The van der Waals surface area contributed by atoms with Crippen LogP contribution in [0.4, 0.5) is 0 Å². The number of carbonyl (C=O) groups is 1. The van der Waals surface area contributed by atoms with Crippen molar-refractivity contribution in [2.45, 2.75) is 17.4 Å². The van der Waals surface area contributed by atoms with Gasteiger partial charge in [0.15, 0.2) is 0 Å². The number of benzene rings is 1. The van der Waals surface area contributed by atoms with Crippen molar-refractivity contribution in [2.24, 2.45) is 0 Å². The molecule has 0 saturated carbocycles. The standard InChI is InChI=1S/C17H17ClN2O5S/c1-24-17(21)12-2-4-14(5-3-12)26(22,23)20-9-7-13(11-20)25-16-6-8-19-10-15(16)18/h2-6,8,10,13H,7,9,11H2,1H3. The van der Waals surface area contributed by atoms with Crippen LogP contribution in [0.25, 0.3) is 0 Å². The summed E-state index contributed by atoms with van der Waals surface area (Å²) in [6.07, 6.45) is 3.30. The minimum atomic E-state index is -3.67. The monoisotopic (exact) mass is 396 g/mol. The molecule has 2 heterocycles. The third kappa shape index (κ3) is 3.82. The minimum absolute atomic E-state index is 0.118. The van der Waals surface area contributed by atoms with Crippen LogP contribution in [0, 0.1) is 0 Å². The van der Waals surface area contributed by atoms with Crippen LogP contribution in [-0.2, 0) is 14.8 Å². The average Bonchev–Trinajstić information content (AvgIpc) is 3.12. The van der Waals surface area contributed by atoms with Crippen LogP contribution in [0.15, 0.2) is 47.6 Å². The first-order chi connectivity index (χ1) is 12.4. The van der Waals surface area contributed by atoms with Crippen molar-refractivity contribution >= 4 is 27.6 Å². The largest absolute Gasteiger partial charge is 0.487 e. The number of aromatic nitrogens is 1. The van der Waals surface area contributed by atoms with Gasteiger partial charge in [0.05, 0.1) is 24.1 Å². The van der Waals surface area contributed by atoms with Gasteiger partial charge in [0, 0.05) is 25.0 Å². The lowest BCUT2D eigenvalue weighted by molar-refractivity contribution is 0.0600. The van der Waals surface area contributed by atoms with E-state index in [1.165, 1.54) is 41.9 Å². The van der Waals surface area contributed by atoms with E-state index in [1.54, 1.807) is 12.3 Å². The molecule has 7 nitrogen and oxygen atoms in total. The Morgan fingerprint density at radius 2 is 2.00 bits per heavy atom. The highest BCUT2D eigenvalue weighted by Crippen LogP contribution is 2.28. The molecule has 0 N–H and O–H groups in total. The molecule has 0 bridgehead atoms. The zero-order valence-corrected chi connectivity index (χ0v) is 15.5. The van der Waals surface area contributed by atoms with Crippen molar-refractivity contribution in [1.82, 2.24) is 9.29 Å². The normalized spacial score (nSPS) is 17.8. The second-order valence-electron chi connectivity index (χ2n) is 5.71. The maximum Gasteiger partial charge on any atom is 0.337 e. The van der Waals surface area contributed by atoms with E-state index < -0.39 is 16.0 Å². The Labute approximate surface area is 156 Å². The van der Waals surface area contributed by atoms with Gasteiger partial charge in [-0.2, -0.15) is 4.31 Å². The molecule has 1 aromatic carbocycles. The van der Waals surface area contributed by atoms with Crippen LogP contribution >= 0.6 is 11.6 Å². The van der Waals surface area contributed by atoms with E-state index in [2.05, 4.69) is 9.72 Å². The van der Waals surface area contributed by atoms with E-state index in [0.29, 0.717) is 29.3 Å². The van der Waals surface area contributed by atoms with Gasteiger partial charge in [0.25, 0.3) is 0 Å². The molecule has 1 aliphatic heterocycles. The molecule has 0 aliphatic carbocycles. The van der Waals surface area contributed by atoms with E-state index in [-0.39, 0.29) is 17.5 Å². The Morgan fingerprint density at radius 3 is 2.65 bits per heavy atom. The molecule has 1 fully saturated rings. The second kappa shape index (κ2) is 7.61. The number of rotatable bonds is 5. The zero-order chi connectivity index (χ0) is 18.7. The first-order valence-corrected chi connectivity index (χ1v) is 9.68. The quantitative estimate of drug-likeness (QED) is 0.721. The number of esters is 1. The Balaban J connectivity index is 1.71. The van der Waals surface area contributed by atoms with Crippen LogP contribution < -0.4 is 4.74 Å². The van der Waals surface area contributed by atoms with E-state index in [1.807, 2.05) is 0 Å². The molecule has 138 valence electrons. The molecule has 26 heavy (non-hydrogen) atoms. The van der Waals surface area contributed by atoms with Gasteiger partial charge in [0.2, 0.25) is 10.0 Å². The summed E-state index contributed by atoms with van der Waals surface area (Å²) in [4.78, 5) is 15.5. The molecule has 0 amide bonds. The number of halogens is 1. The number of nitrogens with zero attached hydrogens (tertiary/aromatic N) is 2. The molecule has 1 atom stereocenters. The van der Waals surface area contributed by atoms with Crippen molar-refractivity contribution in [3.63, 3.8) is 0 Å². The fourth-order valence-electron chi connectivity index (χ4n) is 2.68. The Kier molecular flexibility index (Phi) is 5.45. The number of carbonyl (C=O) groups excluding carboxylic acids is 1. The van der Waals surface area contributed by atoms with Crippen molar-refractivity contribution in [1.29, 1.82) is 0 Å². The van der Waals surface area contributed by atoms with Gasteiger partial charge in [0.1, 0.15) is 16.9 Å². The maximum absolute atomic E-state index is 12.8. The second-order valence-corrected chi connectivity index (χ2v) is 8.06. The van der Waals surface area contributed by atoms with E-state index in [4.69, 9.17) is 16.3 Å². The summed E-state index contributed by atoms with van der Waals surface area (Å²) in [7, 11) is -2.40. The smallest absolute Gasteiger partial charge is 0.337 e. The summed E-state index contributed by atoms with van der Waals surface area (Å²) in [5.41, 5.74) is 0.293. The van der Waals surface area contributed by atoms with Crippen LogP contribution in [0.1, 0.15) is 16.8 Å². The summed E-state index contributed by atoms with van der Waals surface area (Å²) in [5, 5.41) is 0.382. The molecule has 9 heteroatoms. The third-order valence-corrected chi connectivity index (χ3v) is 6.21. The third-order valence-electron chi connectivity index (χ3n) is 4.05. The highest BCUT2D eigenvalue weighted by Gasteiger charge is 2.34. The molecule has 1 saturated heterocycles. The van der Waals surface area contributed by atoms with Crippen LogP contribution in [-0.4, -0.2) is 50.0 Å². The molecule has 0 spiro atoms. The van der Waals surface area contributed by atoms with Gasteiger partial charge in [-0.15, -0.1) is 0 Å². The summed E-state index contributed by atoms with van der Waals surface area (Å²) >= 11 is 6.02. The number of hydrogen-bond donors (Lipinski definition) is 0. The molecular formula is C17H17ClN2O5S. The lowest BCUT2D eigenvalue weighted by Crippen LogP contribution is -2.31. The fraction of sp³-hybridized carbons (Fsp3) is 0.294. The molecule has 3 rings (SSSR count). The first-order valence-electron chi connectivity index (χ1n) is 7.86. The first kappa shape index (κ1) is 18.6. The molecule has 1 aliphatic rings. The maximum atomic E-state index is 12.8. The fourth-order valence-corrected chi connectivity index (χ4v) is 4.33. The summed E-state index contributed by atoms with van der Waals surface area (Å²) in [6.45, 7) is 0.564. The van der Waals surface area contributed by atoms with Gasteiger partial charge in [-0.1, -0.05) is 11.6 Å². The molecule has 2 aromatic rings. The number of methoxy groups -OCH3 is 1. The van der Waals surface area contributed by atoms with Crippen molar-refractivity contribution in [2.75, 3.05) is 20.2 Å². The SMILES string of the molecule is COC(=O)c1ccc(S(=O)(=O)N2CCC(Oc3ccncc3Cl)C2)cc1. The van der Waals surface area contributed by atoms with E-state index in [0.717, 1.165) is 0 Å². The summed E-state index contributed by atoms with van der Waals surface area (Å²) in [6, 6.07) is 7.30. The van der Waals surface area contributed by atoms with Crippen LogP contribution in [0.3, 0.4) is 0 Å². The van der Waals surface area contributed by atoms with Gasteiger partial charge in [-0.05, 0) is 30.7 Å². The van der Waals surface area contributed by atoms with E-state index in [9.17, 15) is 13.2 Å². The lowest BCUT2D eigenvalue weighted by Gasteiger charge is -2.18. The van der Waals surface area contributed by atoms with Gasteiger partial charge >= 0.3 is 5.97 Å². The zero-order valence-electron chi connectivity index (χ0n) is 14.0. The molecular weight excluding hydrogens is 380 g/mol. The Bertz CT molecular complexity index is 902. The van der Waals surface area contributed by atoms with E-state index >= 15 is 0 Å². The summed E-state index contributed by atoms with van der Waals surface area (Å²) < 4.78 is 37.3. The molecule has 1 aromatic heterocycles. The molecule has 1 unspecified atom stereocenters. The predicted molar refractivity (Wildman–Crippen MR) is 94.8 cm³/mol. The highest BCUT2D eigenvalue weighted by atomic mass is 35.5. The average molecular weight is 397 g/mol. The summed E-state index contributed by atoms with van der Waals surface area (Å²) in [5.74, 6) is -0.0360.